The van der Waals surface area contributed by atoms with E-state index < -0.39 is 11.9 Å². The predicted octanol–water partition coefficient (Wildman–Crippen LogP) is 4.08. The molecule has 0 fully saturated rings. The molecular formula is C18H12F3N3O. The highest BCUT2D eigenvalue weighted by Crippen LogP contribution is 2.33. The second kappa shape index (κ2) is 5.54. The highest BCUT2D eigenvalue weighted by atomic mass is 19.4. The average Bonchev–Trinajstić information content (AvgIpc) is 3.22. The summed E-state index contributed by atoms with van der Waals surface area (Å²) in [6.45, 7) is 0. The second-order valence-electron chi connectivity index (χ2n) is 5.77. The number of fused-ring (bicyclic) bond motifs is 1. The number of rotatable bonds is 2. The molecule has 0 saturated heterocycles. The lowest BCUT2D eigenvalue weighted by Gasteiger charge is -2.12. The standard InChI is InChI=1S/C18H12F3N3O/c19-18(20,21)15-9-10-22-24(15)16-6-2-5-13(23-16)12-4-1-3-11-7-8-14(25)17(11)12/h1-6,9-10H,7-8H2. The van der Waals surface area contributed by atoms with Crippen molar-refractivity contribution in [3.63, 3.8) is 0 Å². The maximum Gasteiger partial charge on any atom is 0.433 e. The first-order valence-corrected chi connectivity index (χ1v) is 7.69. The Hall–Kier alpha value is -2.96. The molecule has 0 aliphatic heterocycles. The second-order valence-corrected chi connectivity index (χ2v) is 5.77. The number of hydrogen-bond donors (Lipinski definition) is 0. The monoisotopic (exact) mass is 343 g/mol. The Balaban J connectivity index is 1.84. The van der Waals surface area contributed by atoms with Gasteiger partial charge in [-0.3, -0.25) is 4.79 Å². The molecule has 4 rings (SSSR count). The summed E-state index contributed by atoms with van der Waals surface area (Å²) in [5, 5.41) is 3.74. The number of nitrogens with zero attached hydrogens (tertiary/aromatic N) is 3. The number of aromatic nitrogens is 3. The molecule has 1 aliphatic rings. The molecule has 2 heterocycles. The Kier molecular flexibility index (Phi) is 3.45. The van der Waals surface area contributed by atoms with Crippen molar-refractivity contribution < 1.29 is 18.0 Å². The van der Waals surface area contributed by atoms with Crippen molar-refractivity contribution in [2.75, 3.05) is 0 Å². The van der Waals surface area contributed by atoms with Gasteiger partial charge in [0, 0.05) is 17.5 Å². The maximum atomic E-state index is 13.1. The summed E-state index contributed by atoms with van der Waals surface area (Å²) in [6.07, 6.45) is -2.32. The fourth-order valence-electron chi connectivity index (χ4n) is 3.12. The van der Waals surface area contributed by atoms with Crippen LogP contribution in [0.1, 0.15) is 28.0 Å². The third-order valence-corrected chi connectivity index (χ3v) is 4.21. The van der Waals surface area contributed by atoms with E-state index in [9.17, 15) is 18.0 Å². The van der Waals surface area contributed by atoms with Gasteiger partial charge in [0.2, 0.25) is 0 Å². The number of Topliss-reactive ketones (excluding diaryl/α,β-unsaturated/α-hetero) is 1. The largest absolute Gasteiger partial charge is 0.433 e. The molecule has 25 heavy (non-hydrogen) atoms. The molecule has 0 unspecified atom stereocenters. The topological polar surface area (TPSA) is 47.8 Å². The average molecular weight is 343 g/mol. The van der Waals surface area contributed by atoms with Gasteiger partial charge in [-0.15, -0.1) is 0 Å². The third kappa shape index (κ3) is 2.61. The highest BCUT2D eigenvalue weighted by molar-refractivity contribution is 6.05. The van der Waals surface area contributed by atoms with Gasteiger partial charge in [-0.25, -0.2) is 9.67 Å². The van der Waals surface area contributed by atoms with Crippen LogP contribution in [0.4, 0.5) is 13.2 Å². The van der Waals surface area contributed by atoms with E-state index in [1.54, 1.807) is 18.2 Å². The van der Waals surface area contributed by atoms with Crippen LogP contribution in [0.5, 0.6) is 0 Å². The highest BCUT2D eigenvalue weighted by Gasteiger charge is 2.35. The van der Waals surface area contributed by atoms with Gasteiger partial charge in [-0.05, 0) is 30.2 Å². The fraction of sp³-hybridized carbons (Fsp3) is 0.167. The molecular weight excluding hydrogens is 331 g/mol. The van der Waals surface area contributed by atoms with Crippen molar-refractivity contribution in [2.45, 2.75) is 19.0 Å². The zero-order chi connectivity index (χ0) is 17.6. The molecule has 0 amide bonds. The van der Waals surface area contributed by atoms with E-state index in [1.807, 2.05) is 12.1 Å². The number of halogens is 3. The maximum absolute atomic E-state index is 13.1. The van der Waals surface area contributed by atoms with Gasteiger partial charge < -0.3 is 0 Å². The lowest BCUT2D eigenvalue weighted by molar-refractivity contribution is -0.142. The van der Waals surface area contributed by atoms with Gasteiger partial charge in [0.15, 0.2) is 11.6 Å². The normalized spacial score (nSPS) is 14.0. The van der Waals surface area contributed by atoms with E-state index in [-0.39, 0.29) is 11.6 Å². The van der Waals surface area contributed by atoms with Crippen LogP contribution in [0.25, 0.3) is 17.1 Å². The van der Waals surface area contributed by atoms with Gasteiger partial charge >= 0.3 is 6.18 Å². The lowest BCUT2D eigenvalue weighted by Crippen LogP contribution is -2.14. The van der Waals surface area contributed by atoms with Crippen LogP contribution >= 0.6 is 0 Å². The SMILES string of the molecule is O=C1CCc2cccc(-c3cccc(-n4nccc4C(F)(F)F)n3)c21. The minimum Gasteiger partial charge on any atom is -0.294 e. The smallest absolute Gasteiger partial charge is 0.294 e. The van der Waals surface area contributed by atoms with Crippen LogP contribution in [0.15, 0.2) is 48.7 Å². The molecule has 2 aromatic heterocycles. The molecule has 126 valence electrons. The number of carbonyl (C=O) groups is 1. The Bertz CT molecular complexity index is 976. The zero-order valence-corrected chi connectivity index (χ0v) is 12.9. The Morgan fingerprint density at radius 1 is 1.00 bits per heavy atom. The van der Waals surface area contributed by atoms with Crippen molar-refractivity contribution in [3.8, 4) is 17.1 Å². The van der Waals surface area contributed by atoms with Gasteiger partial charge in [0.05, 0.1) is 11.9 Å². The van der Waals surface area contributed by atoms with E-state index >= 15 is 0 Å². The molecule has 1 aliphatic carbocycles. The predicted molar refractivity (Wildman–Crippen MR) is 84.4 cm³/mol. The molecule has 0 saturated carbocycles. The molecule has 1 aromatic carbocycles. The summed E-state index contributed by atoms with van der Waals surface area (Å²) in [7, 11) is 0. The van der Waals surface area contributed by atoms with Gasteiger partial charge in [-0.1, -0.05) is 24.3 Å². The number of ketones is 1. The number of carbonyl (C=O) groups excluding carboxylic acids is 1. The summed E-state index contributed by atoms with van der Waals surface area (Å²) in [4.78, 5) is 16.5. The summed E-state index contributed by atoms with van der Waals surface area (Å²) in [5.41, 5.74) is 1.76. The van der Waals surface area contributed by atoms with E-state index in [2.05, 4.69) is 10.1 Å². The van der Waals surface area contributed by atoms with Gasteiger partial charge in [-0.2, -0.15) is 18.3 Å². The van der Waals surface area contributed by atoms with E-state index in [0.717, 1.165) is 22.5 Å². The third-order valence-electron chi connectivity index (χ3n) is 4.21. The Morgan fingerprint density at radius 3 is 2.60 bits per heavy atom. The number of hydrogen-bond acceptors (Lipinski definition) is 3. The molecule has 0 atom stereocenters. The van der Waals surface area contributed by atoms with Crippen molar-refractivity contribution in [1.29, 1.82) is 0 Å². The number of pyridine rings is 1. The van der Waals surface area contributed by atoms with Crippen molar-refractivity contribution in [3.05, 3.63) is 65.5 Å². The first-order chi connectivity index (χ1) is 11.9. The van der Waals surface area contributed by atoms with Crippen LogP contribution in [0.3, 0.4) is 0 Å². The fourth-order valence-corrected chi connectivity index (χ4v) is 3.12. The van der Waals surface area contributed by atoms with E-state index in [4.69, 9.17) is 0 Å². The zero-order valence-electron chi connectivity index (χ0n) is 12.9. The summed E-state index contributed by atoms with van der Waals surface area (Å²) >= 11 is 0. The molecule has 0 N–H and O–H groups in total. The Morgan fingerprint density at radius 2 is 1.80 bits per heavy atom. The van der Waals surface area contributed by atoms with Crippen LogP contribution in [0.2, 0.25) is 0 Å². The van der Waals surface area contributed by atoms with E-state index in [0.29, 0.717) is 29.7 Å². The first-order valence-electron chi connectivity index (χ1n) is 7.69. The Labute approximate surface area is 140 Å². The molecule has 0 bridgehead atoms. The van der Waals surface area contributed by atoms with Crippen LogP contribution in [0, 0.1) is 0 Å². The summed E-state index contributed by atoms with van der Waals surface area (Å²) in [6, 6.07) is 11.1. The van der Waals surface area contributed by atoms with Crippen LogP contribution in [-0.2, 0) is 12.6 Å². The van der Waals surface area contributed by atoms with Crippen molar-refractivity contribution in [1.82, 2.24) is 14.8 Å². The lowest BCUT2D eigenvalue weighted by atomic mass is 10.00. The quantitative estimate of drug-likeness (QED) is 0.704. The van der Waals surface area contributed by atoms with E-state index in [1.165, 1.54) is 6.07 Å². The van der Waals surface area contributed by atoms with Gasteiger partial charge in [0.1, 0.15) is 5.69 Å². The first kappa shape index (κ1) is 15.6. The van der Waals surface area contributed by atoms with Crippen LogP contribution < -0.4 is 0 Å². The van der Waals surface area contributed by atoms with Crippen molar-refractivity contribution in [2.24, 2.45) is 0 Å². The minimum absolute atomic E-state index is 0.0351. The molecule has 4 nitrogen and oxygen atoms in total. The minimum atomic E-state index is -4.53. The number of benzene rings is 1. The van der Waals surface area contributed by atoms with Crippen molar-refractivity contribution >= 4 is 5.78 Å². The van der Waals surface area contributed by atoms with Crippen LogP contribution in [-0.4, -0.2) is 20.5 Å². The number of alkyl halides is 3. The van der Waals surface area contributed by atoms with Gasteiger partial charge in [0.25, 0.3) is 0 Å². The number of aryl methyl sites for hydroxylation is 1. The molecule has 3 aromatic rings. The molecule has 0 radical (unpaired) electrons. The molecule has 7 heteroatoms. The molecule has 0 spiro atoms. The summed E-state index contributed by atoms with van der Waals surface area (Å²) < 4.78 is 40.0. The summed E-state index contributed by atoms with van der Waals surface area (Å²) in [5.74, 6) is 0.0887.